The lowest BCUT2D eigenvalue weighted by Gasteiger charge is -2.31. The minimum atomic E-state index is -1.23. The van der Waals surface area contributed by atoms with Crippen LogP contribution in [0.5, 0.6) is 5.75 Å². The normalized spacial score (nSPS) is 18.5. The van der Waals surface area contributed by atoms with Gasteiger partial charge in [-0.05, 0) is 56.7 Å². The molecule has 3 unspecified atom stereocenters. The molecule has 234 valence electrons. The van der Waals surface area contributed by atoms with Gasteiger partial charge in [0.25, 0.3) is 0 Å². The lowest BCUT2D eigenvalue weighted by atomic mass is 9.97. The number of benzene rings is 1. The minimum Gasteiger partial charge on any atom is -0.479 e. The van der Waals surface area contributed by atoms with Crippen LogP contribution in [0.25, 0.3) is 0 Å². The van der Waals surface area contributed by atoms with Crippen LogP contribution in [-0.2, 0) is 35.3 Å². The van der Waals surface area contributed by atoms with Crippen molar-refractivity contribution in [3.63, 3.8) is 0 Å². The number of nitrogens with one attached hydrogen (secondary N) is 3. The minimum absolute atomic E-state index is 0.00313. The SMILES string of the molecule is C=CSNCCCCCC(=O)NCCC(=O)Nc1cc(COC(=O)C(C)(C)C)ccc1OC1CC(O)CC(C(=O)O)O1. The smallest absolute Gasteiger partial charge is 0.333 e. The Labute approximate surface area is 251 Å². The quantitative estimate of drug-likeness (QED) is 0.0994. The molecule has 1 aromatic rings. The number of anilines is 1. The Kier molecular flexibility index (Phi) is 14.8. The van der Waals surface area contributed by atoms with E-state index in [0.29, 0.717) is 12.0 Å². The van der Waals surface area contributed by atoms with E-state index >= 15 is 0 Å². The van der Waals surface area contributed by atoms with E-state index in [1.807, 2.05) is 0 Å². The molecule has 1 fully saturated rings. The van der Waals surface area contributed by atoms with Crippen LogP contribution in [0, 0.1) is 5.41 Å². The molecule has 1 saturated heterocycles. The van der Waals surface area contributed by atoms with E-state index in [9.17, 15) is 29.4 Å². The number of carbonyl (C=O) groups excluding carboxylic acids is 3. The summed E-state index contributed by atoms with van der Waals surface area (Å²) < 4.78 is 19.8. The largest absolute Gasteiger partial charge is 0.479 e. The van der Waals surface area contributed by atoms with Crippen LogP contribution in [0.3, 0.4) is 0 Å². The summed E-state index contributed by atoms with van der Waals surface area (Å²) in [7, 11) is 0. The molecule has 1 heterocycles. The molecule has 0 spiro atoms. The summed E-state index contributed by atoms with van der Waals surface area (Å²) in [5.41, 5.74) is 0.135. The predicted octanol–water partition coefficient (Wildman–Crippen LogP) is 3.49. The first-order chi connectivity index (χ1) is 19.9. The molecule has 0 aromatic heterocycles. The number of hydrogen-bond donors (Lipinski definition) is 5. The number of carboxylic acids is 1. The highest BCUT2D eigenvalue weighted by Gasteiger charge is 2.34. The Balaban J connectivity index is 1.97. The first-order valence-corrected chi connectivity index (χ1v) is 14.9. The number of aliphatic carboxylic acids is 1. The molecule has 42 heavy (non-hydrogen) atoms. The topological polar surface area (TPSA) is 173 Å². The maximum absolute atomic E-state index is 12.8. The molecule has 0 radical (unpaired) electrons. The summed E-state index contributed by atoms with van der Waals surface area (Å²) in [5, 5.41) is 26.6. The third-order valence-electron chi connectivity index (χ3n) is 6.12. The third-order valence-corrected chi connectivity index (χ3v) is 6.66. The Hall–Kier alpha value is -3.13. The van der Waals surface area contributed by atoms with E-state index in [-0.39, 0.29) is 49.8 Å². The van der Waals surface area contributed by atoms with Crippen molar-refractivity contribution in [3.8, 4) is 5.75 Å². The summed E-state index contributed by atoms with van der Waals surface area (Å²) in [6, 6.07) is 4.77. The van der Waals surface area contributed by atoms with Crippen LogP contribution in [0.4, 0.5) is 5.69 Å². The van der Waals surface area contributed by atoms with Crippen molar-refractivity contribution in [2.75, 3.05) is 18.4 Å². The van der Waals surface area contributed by atoms with Gasteiger partial charge in [0, 0.05) is 38.8 Å². The van der Waals surface area contributed by atoms with Crippen molar-refractivity contribution < 1.29 is 43.6 Å². The first-order valence-electron chi connectivity index (χ1n) is 14.0. The van der Waals surface area contributed by atoms with Gasteiger partial charge in [0.15, 0.2) is 6.10 Å². The van der Waals surface area contributed by atoms with E-state index in [1.165, 1.54) is 11.9 Å². The molecule has 0 saturated carbocycles. The van der Waals surface area contributed by atoms with Gasteiger partial charge >= 0.3 is 11.9 Å². The zero-order valence-corrected chi connectivity index (χ0v) is 25.3. The fraction of sp³-hybridized carbons (Fsp3) is 0.586. The standard InChI is InChI=1S/C29H43N3O9S/c1-5-42-31-13-8-6-7-9-24(34)30-14-12-25(35)32-21-15-19(18-39-28(38)29(2,3)4)10-11-22(21)40-26-17-20(33)16-23(41-26)27(36)37/h5,10-11,15,20,23,26,31,33H,1,6-9,12-14,16-18H2,2-4H3,(H,30,34)(H,32,35)(H,36,37). The molecule has 2 amide bonds. The lowest BCUT2D eigenvalue weighted by molar-refractivity contribution is -0.195. The Bertz CT molecular complexity index is 1080. The zero-order valence-electron chi connectivity index (χ0n) is 24.5. The van der Waals surface area contributed by atoms with Crippen molar-refractivity contribution in [3.05, 3.63) is 35.7 Å². The van der Waals surface area contributed by atoms with Gasteiger partial charge in [0.05, 0.1) is 17.2 Å². The number of amides is 2. The highest BCUT2D eigenvalue weighted by Crippen LogP contribution is 2.31. The van der Waals surface area contributed by atoms with Crippen molar-refractivity contribution in [2.45, 2.75) is 90.8 Å². The van der Waals surface area contributed by atoms with Crippen LogP contribution >= 0.6 is 11.9 Å². The predicted molar refractivity (Wildman–Crippen MR) is 158 cm³/mol. The van der Waals surface area contributed by atoms with Gasteiger partial charge in [-0.25, -0.2) is 4.79 Å². The summed E-state index contributed by atoms with van der Waals surface area (Å²) in [6.45, 7) is 9.75. The first kappa shape index (κ1) is 35.1. The Morgan fingerprint density at radius 1 is 1.10 bits per heavy atom. The number of rotatable bonds is 17. The Morgan fingerprint density at radius 2 is 1.86 bits per heavy atom. The fourth-order valence-electron chi connectivity index (χ4n) is 3.86. The highest BCUT2D eigenvalue weighted by atomic mass is 32.2. The van der Waals surface area contributed by atoms with Crippen LogP contribution in [0.1, 0.15) is 71.3 Å². The molecule has 2 rings (SSSR count). The molecule has 5 N–H and O–H groups in total. The van der Waals surface area contributed by atoms with E-state index in [2.05, 4.69) is 21.9 Å². The van der Waals surface area contributed by atoms with Gasteiger partial charge in [-0.2, -0.15) is 0 Å². The fourth-order valence-corrected chi connectivity index (χ4v) is 4.24. The molecule has 12 nitrogen and oxygen atoms in total. The summed E-state index contributed by atoms with van der Waals surface area (Å²) in [5.74, 6) is -1.96. The number of carbonyl (C=O) groups is 4. The van der Waals surface area contributed by atoms with Crippen LogP contribution in [0.15, 0.2) is 30.2 Å². The van der Waals surface area contributed by atoms with Crippen LogP contribution in [-0.4, -0.2) is 65.6 Å². The molecule has 13 heteroatoms. The second kappa shape index (κ2) is 17.7. The van der Waals surface area contributed by atoms with Crippen LogP contribution < -0.4 is 20.1 Å². The molecule has 1 aliphatic rings. The van der Waals surface area contributed by atoms with Gasteiger partial charge in [0.2, 0.25) is 18.1 Å². The number of aliphatic hydroxyl groups is 1. The van der Waals surface area contributed by atoms with E-state index < -0.39 is 41.8 Å². The molecule has 0 bridgehead atoms. The molecule has 1 aliphatic heterocycles. The van der Waals surface area contributed by atoms with Gasteiger partial charge in [-0.1, -0.05) is 31.0 Å². The molecular weight excluding hydrogens is 566 g/mol. The molecular formula is C29H43N3O9S. The van der Waals surface area contributed by atoms with Crippen LogP contribution in [0.2, 0.25) is 0 Å². The lowest BCUT2D eigenvalue weighted by Crippen LogP contribution is -2.42. The number of unbranched alkanes of at least 4 members (excludes halogenated alkanes) is 2. The van der Waals surface area contributed by atoms with Gasteiger partial charge < -0.3 is 35.1 Å². The monoisotopic (exact) mass is 609 g/mol. The Morgan fingerprint density at radius 3 is 2.55 bits per heavy atom. The highest BCUT2D eigenvalue weighted by molar-refractivity contribution is 8.00. The number of esters is 1. The van der Waals surface area contributed by atoms with Gasteiger partial charge in [-0.3, -0.25) is 19.1 Å². The number of ether oxygens (including phenoxy) is 3. The number of aliphatic hydroxyl groups excluding tert-OH is 1. The maximum atomic E-state index is 12.8. The molecule has 3 atom stereocenters. The van der Waals surface area contributed by atoms with Crippen molar-refractivity contribution in [2.24, 2.45) is 5.41 Å². The molecule has 0 aliphatic carbocycles. The second-order valence-corrected chi connectivity index (χ2v) is 11.8. The van der Waals surface area contributed by atoms with Crippen molar-refractivity contribution in [1.29, 1.82) is 0 Å². The average molecular weight is 610 g/mol. The number of carboxylic acid groups (broad SMARTS) is 1. The zero-order chi connectivity index (χ0) is 31.1. The van der Waals surface area contributed by atoms with Crippen molar-refractivity contribution in [1.82, 2.24) is 10.0 Å². The van der Waals surface area contributed by atoms with Crippen molar-refractivity contribution >= 4 is 41.4 Å². The third kappa shape index (κ3) is 13.2. The van der Waals surface area contributed by atoms with E-state index in [0.717, 1.165) is 25.8 Å². The summed E-state index contributed by atoms with van der Waals surface area (Å²) >= 11 is 1.43. The van der Waals surface area contributed by atoms with E-state index in [1.54, 1.807) is 44.4 Å². The van der Waals surface area contributed by atoms with Gasteiger partial charge in [-0.15, -0.1) is 0 Å². The van der Waals surface area contributed by atoms with E-state index in [4.69, 9.17) is 14.2 Å². The molecule has 1 aromatic carbocycles. The average Bonchev–Trinajstić information content (AvgIpc) is 2.91. The number of hydrogen-bond acceptors (Lipinski definition) is 10. The summed E-state index contributed by atoms with van der Waals surface area (Å²) in [4.78, 5) is 48.5. The van der Waals surface area contributed by atoms with Gasteiger partial charge in [0.1, 0.15) is 12.4 Å². The summed E-state index contributed by atoms with van der Waals surface area (Å²) in [6.07, 6.45) is -0.301. The maximum Gasteiger partial charge on any atom is 0.333 e. The second-order valence-electron chi connectivity index (χ2n) is 10.9.